The van der Waals surface area contributed by atoms with Crippen molar-refractivity contribution < 1.29 is 18.0 Å². The fourth-order valence-corrected chi connectivity index (χ4v) is 6.10. The van der Waals surface area contributed by atoms with Crippen molar-refractivity contribution >= 4 is 27.5 Å². The molecule has 0 unspecified atom stereocenters. The molecule has 0 aromatic heterocycles. The van der Waals surface area contributed by atoms with Crippen LogP contribution in [0.5, 0.6) is 0 Å². The molecule has 3 rings (SSSR count). The lowest BCUT2D eigenvalue weighted by Crippen LogP contribution is -2.53. The highest BCUT2D eigenvalue weighted by Gasteiger charge is 2.33. The molecule has 0 aliphatic rings. The Kier molecular flexibility index (Phi) is 10.3. The molecule has 0 radical (unpaired) electrons. The minimum absolute atomic E-state index is 0.104. The Morgan fingerprint density at radius 3 is 2.10 bits per heavy atom. The van der Waals surface area contributed by atoms with Gasteiger partial charge in [-0.25, -0.2) is 8.42 Å². The van der Waals surface area contributed by atoms with E-state index in [1.807, 2.05) is 77.1 Å². The fourth-order valence-electron chi connectivity index (χ4n) is 4.62. The van der Waals surface area contributed by atoms with E-state index in [1.165, 1.54) is 9.21 Å². The Morgan fingerprint density at radius 2 is 1.51 bits per heavy atom. The van der Waals surface area contributed by atoms with E-state index >= 15 is 0 Å². The lowest BCUT2D eigenvalue weighted by atomic mass is 10.1. The minimum atomic E-state index is -4.08. The Morgan fingerprint density at radius 1 is 0.872 bits per heavy atom. The standard InChI is InChI=1S/C31H39N3O4S/c1-6-28(31(36)32-7-2)33(20-19-26-11-9-8-10-12-26)30(35)22-34(29-18-15-24(4)21-25(29)5)39(37,38)27-16-13-23(3)14-17-27/h8-18,21,28H,6-7,19-20,22H2,1-5H3,(H,32,36)/t28-/m0/s1. The van der Waals surface area contributed by atoms with Crippen LogP contribution in [0.1, 0.15) is 42.5 Å². The van der Waals surface area contributed by atoms with Gasteiger partial charge in [0.25, 0.3) is 10.0 Å². The predicted octanol–water partition coefficient (Wildman–Crippen LogP) is 4.79. The smallest absolute Gasteiger partial charge is 0.264 e. The van der Waals surface area contributed by atoms with Crippen LogP contribution in [-0.2, 0) is 26.0 Å². The van der Waals surface area contributed by atoms with Gasteiger partial charge in [-0.05, 0) is 69.9 Å². The van der Waals surface area contributed by atoms with E-state index in [0.29, 0.717) is 25.1 Å². The van der Waals surface area contributed by atoms with Crippen LogP contribution >= 0.6 is 0 Å². The van der Waals surface area contributed by atoms with Gasteiger partial charge in [0, 0.05) is 13.1 Å². The summed E-state index contributed by atoms with van der Waals surface area (Å²) >= 11 is 0. The molecule has 8 heteroatoms. The lowest BCUT2D eigenvalue weighted by molar-refractivity contribution is -0.139. The van der Waals surface area contributed by atoms with E-state index in [2.05, 4.69) is 5.32 Å². The molecule has 2 amide bonds. The molecule has 1 atom stereocenters. The van der Waals surface area contributed by atoms with E-state index in [0.717, 1.165) is 22.3 Å². The molecule has 0 heterocycles. The van der Waals surface area contributed by atoms with Crippen LogP contribution in [0.25, 0.3) is 0 Å². The molecule has 0 fully saturated rings. The van der Waals surface area contributed by atoms with Crippen LogP contribution in [-0.4, -0.2) is 50.8 Å². The third-order valence-electron chi connectivity index (χ3n) is 6.73. The summed E-state index contributed by atoms with van der Waals surface area (Å²) in [5.41, 5.74) is 4.12. The van der Waals surface area contributed by atoms with E-state index in [4.69, 9.17) is 0 Å². The van der Waals surface area contributed by atoms with Crippen molar-refractivity contribution in [1.82, 2.24) is 10.2 Å². The number of likely N-dealkylation sites (N-methyl/N-ethyl adjacent to an activating group) is 1. The van der Waals surface area contributed by atoms with Gasteiger partial charge in [0.05, 0.1) is 10.6 Å². The normalized spacial score (nSPS) is 12.0. The molecule has 208 valence electrons. The number of nitrogens with one attached hydrogen (secondary N) is 1. The molecule has 0 bridgehead atoms. The molecule has 3 aromatic carbocycles. The Hall–Kier alpha value is -3.65. The maximum atomic E-state index is 14.0. The maximum Gasteiger partial charge on any atom is 0.264 e. The minimum Gasteiger partial charge on any atom is -0.355 e. The number of carbonyl (C=O) groups excluding carboxylic acids is 2. The van der Waals surface area contributed by atoms with Gasteiger partial charge in [-0.15, -0.1) is 0 Å². The predicted molar refractivity (Wildman–Crippen MR) is 156 cm³/mol. The molecule has 7 nitrogen and oxygen atoms in total. The van der Waals surface area contributed by atoms with Crippen LogP contribution in [0.2, 0.25) is 0 Å². The molecule has 0 spiro atoms. The number of anilines is 1. The van der Waals surface area contributed by atoms with Crippen molar-refractivity contribution in [1.29, 1.82) is 0 Å². The third-order valence-corrected chi connectivity index (χ3v) is 8.50. The summed E-state index contributed by atoms with van der Waals surface area (Å²) in [6.07, 6.45) is 0.942. The van der Waals surface area contributed by atoms with Crippen LogP contribution < -0.4 is 9.62 Å². The van der Waals surface area contributed by atoms with Gasteiger partial charge >= 0.3 is 0 Å². The zero-order valence-electron chi connectivity index (χ0n) is 23.5. The first-order valence-corrected chi connectivity index (χ1v) is 14.8. The second kappa shape index (κ2) is 13.4. The Labute approximate surface area is 232 Å². The van der Waals surface area contributed by atoms with Crippen LogP contribution in [0.4, 0.5) is 5.69 Å². The topological polar surface area (TPSA) is 86.8 Å². The van der Waals surface area contributed by atoms with Gasteiger partial charge < -0.3 is 10.2 Å². The van der Waals surface area contributed by atoms with Gasteiger partial charge in [0.1, 0.15) is 12.6 Å². The maximum absolute atomic E-state index is 14.0. The van der Waals surface area contributed by atoms with Gasteiger partial charge in [-0.2, -0.15) is 0 Å². The number of aryl methyl sites for hydroxylation is 3. The summed E-state index contributed by atoms with van der Waals surface area (Å²) in [7, 11) is -4.08. The average molecular weight is 550 g/mol. The van der Waals surface area contributed by atoms with Crippen molar-refractivity contribution in [3.63, 3.8) is 0 Å². The summed E-state index contributed by atoms with van der Waals surface area (Å²) in [5, 5.41) is 2.83. The quantitative estimate of drug-likeness (QED) is 0.352. The number of nitrogens with zero attached hydrogens (tertiary/aromatic N) is 2. The van der Waals surface area contributed by atoms with E-state index < -0.39 is 28.5 Å². The SMILES string of the molecule is CCNC(=O)[C@H](CC)N(CCc1ccccc1)C(=O)CN(c1ccc(C)cc1C)S(=O)(=O)c1ccc(C)cc1. The first kappa shape index (κ1) is 29.9. The van der Waals surface area contributed by atoms with Crippen LogP contribution in [0.15, 0.2) is 77.7 Å². The fraction of sp³-hybridized carbons (Fsp3) is 0.355. The molecule has 0 aliphatic carbocycles. The molecular weight excluding hydrogens is 510 g/mol. The second-order valence-electron chi connectivity index (χ2n) is 9.76. The van der Waals surface area contributed by atoms with Crippen molar-refractivity contribution in [2.24, 2.45) is 0 Å². The van der Waals surface area contributed by atoms with Gasteiger partial charge in [-0.1, -0.05) is 72.6 Å². The summed E-state index contributed by atoms with van der Waals surface area (Å²) < 4.78 is 29.1. The van der Waals surface area contributed by atoms with E-state index in [-0.39, 0.29) is 17.3 Å². The Bertz CT molecular complexity index is 1370. The molecule has 0 aliphatic heterocycles. The monoisotopic (exact) mass is 549 g/mol. The third kappa shape index (κ3) is 7.47. The molecule has 0 saturated heterocycles. The largest absolute Gasteiger partial charge is 0.355 e. The number of hydrogen-bond donors (Lipinski definition) is 1. The number of sulfonamides is 1. The molecule has 39 heavy (non-hydrogen) atoms. The van der Waals surface area contributed by atoms with E-state index in [9.17, 15) is 18.0 Å². The van der Waals surface area contributed by atoms with Crippen LogP contribution in [0.3, 0.4) is 0 Å². The first-order chi connectivity index (χ1) is 18.6. The summed E-state index contributed by atoms with van der Waals surface area (Å²) in [6, 6.07) is 21.1. The second-order valence-corrected chi connectivity index (χ2v) is 11.6. The first-order valence-electron chi connectivity index (χ1n) is 13.4. The summed E-state index contributed by atoms with van der Waals surface area (Å²) in [5.74, 6) is -0.680. The zero-order chi connectivity index (χ0) is 28.6. The number of amides is 2. The Balaban J connectivity index is 2.04. The average Bonchev–Trinajstić information content (AvgIpc) is 2.90. The number of hydrogen-bond acceptors (Lipinski definition) is 4. The van der Waals surface area contributed by atoms with Crippen molar-refractivity contribution in [3.05, 3.63) is 95.1 Å². The lowest BCUT2D eigenvalue weighted by Gasteiger charge is -2.33. The van der Waals surface area contributed by atoms with Gasteiger partial charge in [-0.3, -0.25) is 13.9 Å². The summed E-state index contributed by atoms with van der Waals surface area (Å²) in [6.45, 7) is 9.63. The molecule has 3 aromatic rings. The number of carbonyl (C=O) groups is 2. The molecule has 0 saturated carbocycles. The van der Waals surface area contributed by atoms with Crippen molar-refractivity contribution in [2.45, 2.75) is 58.4 Å². The highest BCUT2D eigenvalue weighted by atomic mass is 32.2. The van der Waals surface area contributed by atoms with Crippen LogP contribution in [0, 0.1) is 20.8 Å². The highest BCUT2D eigenvalue weighted by Crippen LogP contribution is 2.28. The summed E-state index contributed by atoms with van der Waals surface area (Å²) in [4.78, 5) is 28.6. The zero-order valence-corrected chi connectivity index (χ0v) is 24.3. The van der Waals surface area contributed by atoms with E-state index in [1.54, 1.807) is 30.3 Å². The number of rotatable bonds is 12. The highest BCUT2D eigenvalue weighted by molar-refractivity contribution is 7.92. The number of benzene rings is 3. The van der Waals surface area contributed by atoms with Crippen molar-refractivity contribution in [2.75, 3.05) is 23.9 Å². The molecular formula is C31H39N3O4S. The van der Waals surface area contributed by atoms with Gasteiger partial charge in [0.15, 0.2) is 0 Å². The van der Waals surface area contributed by atoms with Crippen molar-refractivity contribution in [3.8, 4) is 0 Å². The van der Waals surface area contributed by atoms with Gasteiger partial charge in [0.2, 0.25) is 11.8 Å². The molecule has 1 N–H and O–H groups in total.